The molecule has 2 amide bonds. The van der Waals surface area contributed by atoms with Gasteiger partial charge in [-0.3, -0.25) is 14.5 Å². The summed E-state index contributed by atoms with van der Waals surface area (Å²) in [6, 6.07) is -0.627. The van der Waals surface area contributed by atoms with Gasteiger partial charge in [0.1, 0.15) is 0 Å². The number of likely N-dealkylation sites (N-methyl/N-ethyl adjacent to an activating group) is 1. The Bertz CT molecular complexity index is 170. The normalized spacial score (nSPS) is 33.7. The molecule has 0 aromatic heterocycles. The molecule has 0 aliphatic carbocycles. The van der Waals surface area contributed by atoms with Crippen LogP contribution in [0.5, 0.6) is 0 Å². The van der Waals surface area contributed by atoms with Crippen molar-refractivity contribution in [3.8, 4) is 0 Å². The summed E-state index contributed by atoms with van der Waals surface area (Å²) in [5, 5.41) is 0. The van der Waals surface area contributed by atoms with Crippen LogP contribution in [0.25, 0.3) is 0 Å². The van der Waals surface area contributed by atoms with Crippen molar-refractivity contribution in [2.24, 2.45) is 11.7 Å². The summed E-state index contributed by atoms with van der Waals surface area (Å²) in [6.07, 6.45) is 0. The van der Waals surface area contributed by atoms with Crippen LogP contribution in [0, 0.1) is 5.92 Å². The quantitative estimate of drug-likeness (QED) is 0.439. The number of imide groups is 1. The first-order valence-corrected chi connectivity index (χ1v) is 3.12. The van der Waals surface area contributed by atoms with Crippen molar-refractivity contribution < 1.29 is 9.59 Å². The minimum atomic E-state index is -0.627. The zero-order chi connectivity index (χ0) is 7.89. The first-order valence-electron chi connectivity index (χ1n) is 3.12. The second-order valence-electron chi connectivity index (χ2n) is 2.55. The summed E-state index contributed by atoms with van der Waals surface area (Å²) in [6.45, 7) is 1.66. The second kappa shape index (κ2) is 2.05. The lowest BCUT2D eigenvalue weighted by atomic mass is 10.1. The predicted octanol–water partition coefficient (Wildman–Crippen LogP) is -1.05. The van der Waals surface area contributed by atoms with Crippen LogP contribution in [0.2, 0.25) is 0 Å². The number of hydrogen-bond donors (Lipinski definition) is 1. The van der Waals surface area contributed by atoms with Gasteiger partial charge in [0.05, 0.1) is 12.0 Å². The molecule has 4 heteroatoms. The van der Waals surface area contributed by atoms with E-state index in [2.05, 4.69) is 0 Å². The van der Waals surface area contributed by atoms with Gasteiger partial charge < -0.3 is 5.73 Å². The zero-order valence-corrected chi connectivity index (χ0v) is 6.00. The lowest BCUT2D eigenvalue weighted by molar-refractivity contribution is -0.137. The van der Waals surface area contributed by atoms with Crippen molar-refractivity contribution in [1.82, 2.24) is 4.90 Å². The molecular formula is C6H10N2O2. The van der Waals surface area contributed by atoms with Gasteiger partial charge in [0.2, 0.25) is 11.8 Å². The topological polar surface area (TPSA) is 63.4 Å². The van der Waals surface area contributed by atoms with Gasteiger partial charge >= 0.3 is 0 Å². The first kappa shape index (κ1) is 7.21. The van der Waals surface area contributed by atoms with Crippen molar-refractivity contribution in [3.05, 3.63) is 0 Å². The number of amides is 2. The molecule has 0 aromatic rings. The summed E-state index contributed by atoms with van der Waals surface area (Å²) in [5.74, 6) is -0.812. The number of hydrogen-bond acceptors (Lipinski definition) is 3. The van der Waals surface area contributed by atoms with Crippen LogP contribution in [0.15, 0.2) is 0 Å². The van der Waals surface area contributed by atoms with E-state index in [-0.39, 0.29) is 17.7 Å². The van der Waals surface area contributed by atoms with Gasteiger partial charge in [-0.1, -0.05) is 6.92 Å². The third-order valence-corrected chi connectivity index (χ3v) is 1.87. The largest absolute Gasteiger partial charge is 0.319 e. The van der Waals surface area contributed by atoms with E-state index in [0.29, 0.717) is 0 Å². The lowest BCUT2D eigenvalue weighted by Crippen LogP contribution is -2.33. The fourth-order valence-electron chi connectivity index (χ4n) is 1.01. The van der Waals surface area contributed by atoms with Crippen LogP contribution in [0.3, 0.4) is 0 Å². The summed E-state index contributed by atoms with van der Waals surface area (Å²) in [7, 11) is 1.45. The van der Waals surface area contributed by atoms with Crippen LogP contribution in [0.1, 0.15) is 6.92 Å². The lowest BCUT2D eigenvalue weighted by Gasteiger charge is -2.03. The van der Waals surface area contributed by atoms with Gasteiger partial charge in [0, 0.05) is 7.05 Å². The van der Waals surface area contributed by atoms with E-state index >= 15 is 0 Å². The molecule has 0 aromatic carbocycles. The minimum Gasteiger partial charge on any atom is -0.319 e. The number of nitrogens with two attached hydrogens (primary N) is 1. The Morgan fingerprint density at radius 2 is 1.90 bits per heavy atom. The number of likely N-dealkylation sites (tertiary alicyclic amines) is 1. The van der Waals surface area contributed by atoms with Crippen LogP contribution in [0.4, 0.5) is 0 Å². The number of carbonyl (C=O) groups is 2. The predicted molar refractivity (Wildman–Crippen MR) is 34.9 cm³/mol. The third kappa shape index (κ3) is 0.724. The Labute approximate surface area is 59.0 Å². The molecule has 1 aliphatic heterocycles. The van der Waals surface area contributed by atoms with Gasteiger partial charge in [0.15, 0.2) is 0 Å². The fraction of sp³-hybridized carbons (Fsp3) is 0.667. The maximum absolute atomic E-state index is 11.0. The Hall–Kier alpha value is -0.900. The van der Waals surface area contributed by atoms with Crippen molar-refractivity contribution in [3.63, 3.8) is 0 Å². The molecular weight excluding hydrogens is 132 g/mol. The van der Waals surface area contributed by atoms with E-state index in [1.807, 2.05) is 0 Å². The highest BCUT2D eigenvalue weighted by Gasteiger charge is 2.40. The summed E-state index contributed by atoms with van der Waals surface area (Å²) >= 11 is 0. The van der Waals surface area contributed by atoms with Crippen LogP contribution in [-0.2, 0) is 9.59 Å². The van der Waals surface area contributed by atoms with E-state index in [4.69, 9.17) is 5.73 Å². The molecule has 0 radical (unpaired) electrons. The monoisotopic (exact) mass is 142 g/mol. The van der Waals surface area contributed by atoms with E-state index in [1.54, 1.807) is 6.92 Å². The number of rotatable bonds is 0. The van der Waals surface area contributed by atoms with Gasteiger partial charge in [-0.05, 0) is 0 Å². The molecule has 1 saturated heterocycles. The molecule has 56 valence electrons. The van der Waals surface area contributed by atoms with Crippen molar-refractivity contribution in [1.29, 1.82) is 0 Å². The SMILES string of the molecule is C[C@@H]1C(=O)N(C)C(=O)[C@H]1N. The maximum atomic E-state index is 11.0. The molecule has 0 unspecified atom stereocenters. The molecule has 1 heterocycles. The summed E-state index contributed by atoms with van der Waals surface area (Å²) < 4.78 is 0. The Balaban J connectivity index is 2.89. The van der Waals surface area contributed by atoms with Crippen molar-refractivity contribution in [2.45, 2.75) is 13.0 Å². The summed E-state index contributed by atoms with van der Waals surface area (Å²) in [5.41, 5.74) is 5.39. The van der Waals surface area contributed by atoms with E-state index in [0.717, 1.165) is 4.90 Å². The number of nitrogens with zero attached hydrogens (tertiary/aromatic N) is 1. The van der Waals surface area contributed by atoms with Crippen molar-refractivity contribution in [2.75, 3.05) is 7.05 Å². The molecule has 2 N–H and O–H groups in total. The standard InChI is InChI=1S/C6H10N2O2/c1-3-4(7)6(10)8(2)5(3)9/h3-4H,7H2,1-2H3/t3-,4-/m0/s1. The molecule has 0 bridgehead atoms. The maximum Gasteiger partial charge on any atom is 0.246 e. The molecule has 1 aliphatic rings. The molecule has 10 heavy (non-hydrogen) atoms. The molecule has 0 saturated carbocycles. The smallest absolute Gasteiger partial charge is 0.246 e. The summed E-state index contributed by atoms with van der Waals surface area (Å²) in [4.78, 5) is 22.9. The van der Waals surface area contributed by atoms with Gasteiger partial charge in [0.25, 0.3) is 0 Å². The highest BCUT2D eigenvalue weighted by Crippen LogP contribution is 2.15. The average molecular weight is 142 g/mol. The second-order valence-corrected chi connectivity index (χ2v) is 2.55. The van der Waals surface area contributed by atoms with E-state index < -0.39 is 6.04 Å². The van der Waals surface area contributed by atoms with Crippen LogP contribution in [-0.4, -0.2) is 29.8 Å². The molecule has 2 atom stereocenters. The zero-order valence-electron chi connectivity index (χ0n) is 6.00. The van der Waals surface area contributed by atoms with E-state index in [9.17, 15) is 9.59 Å². The first-order chi connectivity index (χ1) is 4.55. The van der Waals surface area contributed by atoms with Crippen LogP contribution < -0.4 is 5.73 Å². The van der Waals surface area contributed by atoms with Gasteiger partial charge in [-0.15, -0.1) is 0 Å². The van der Waals surface area contributed by atoms with Gasteiger partial charge in [-0.25, -0.2) is 0 Å². The van der Waals surface area contributed by atoms with Crippen molar-refractivity contribution >= 4 is 11.8 Å². The highest BCUT2D eigenvalue weighted by molar-refractivity contribution is 6.06. The Morgan fingerprint density at radius 3 is 2.00 bits per heavy atom. The minimum absolute atomic E-state index is 0.183. The molecule has 1 fully saturated rings. The molecule has 4 nitrogen and oxygen atoms in total. The van der Waals surface area contributed by atoms with E-state index in [1.165, 1.54) is 7.05 Å². The average Bonchev–Trinajstić information content (AvgIpc) is 2.07. The highest BCUT2D eigenvalue weighted by atomic mass is 16.2. The Kier molecular flexibility index (Phi) is 1.48. The molecule has 0 spiro atoms. The third-order valence-electron chi connectivity index (χ3n) is 1.87. The van der Waals surface area contributed by atoms with Crippen LogP contribution >= 0.6 is 0 Å². The molecule has 1 rings (SSSR count). The van der Waals surface area contributed by atoms with Gasteiger partial charge in [-0.2, -0.15) is 0 Å². The fourth-order valence-corrected chi connectivity index (χ4v) is 1.01. The number of carbonyl (C=O) groups excluding carboxylic acids is 2. The Morgan fingerprint density at radius 1 is 1.40 bits per heavy atom.